The molecule has 0 spiro atoms. The molecule has 1 heterocycles. The second-order valence-corrected chi connectivity index (χ2v) is 7.81. The quantitative estimate of drug-likeness (QED) is 0.556. The number of carbonyl (C=O) groups is 3. The molecule has 0 aliphatic rings. The van der Waals surface area contributed by atoms with Crippen LogP contribution in [0.2, 0.25) is 0 Å². The van der Waals surface area contributed by atoms with Crippen LogP contribution in [0.1, 0.15) is 26.0 Å². The third-order valence-corrected chi connectivity index (χ3v) is 5.33. The second kappa shape index (κ2) is 10.7. The molecule has 144 valence electrons. The SMILES string of the molecule is CCCNC(=O)Cc1csc(SCC(=O)Nc2ccc(NC(C)=O)cc2)n1. The zero-order valence-electron chi connectivity index (χ0n) is 15.2. The number of amides is 3. The van der Waals surface area contributed by atoms with E-state index >= 15 is 0 Å². The van der Waals surface area contributed by atoms with Gasteiger partial charge in [-0.2, -0.15) is 0 Å². The lowest BCUT2D eigenvalue weighted by Gasteiger charge is -2.06. The molecule has 0 aliphatic heterocycles. The fraction of sp³-hybridized carbons (Fsp3) is 0.333. The van der Waals surface area contributed by atoms with Crippen molar-refractivity contribution in [2.45, 2.75) is 31.0 Å². The van der Waals surface area contributed by atoms with E-state index in [2.05, 4.69) is 20.9 Å². The first-order valence-corrected chi connectivity index (χ1v) is 10.3. The number of thiazole rings is 1. The summed E-state index contributed by atoms with van der Waals surface area (Å²) in [6.07, 6.45) is 1.15. The molecule has 0 fully saturated rings. The highest BCUT2D eigenvalue weighted by Gasteiger charge is 2.10. The van der Waals surface area contributed by atoms with E-state index in [-0.39, 0.29) is 29.9 Å². The Bertz CT molecular complexity index is 790. The fourth-order valence-electron chi connectivity index (χ4n) is 2.09. The number of nitrogens with zero attached hydrogens (tertiary/aromatic N) is 1. The molecule has 9 heteroatoms. The molecule has 27 heavy (non-hydrogen) atoms. The van der Waals surface area contributed by atoms with Crippen molar-refractivity contribution in [3.63, 3.8) is 0 Å². The standard InChI is InChI=1S/C18H22N4O3S2/c1-3-8-19-16(24)9-15-10-26-18(22-15)27-11-17(25)21-14-6-4-13(5-7-14)20-12(2)23/h4-7,10H,3,8-9,11H2,1-2H3,(H,19,24)(H,20,23)(H,21,25). The van der Waals surface area contributed by atoms with Crippen molar-refractivity contribution in [1.82, 2.24) is 10.3 Å². The number of carbonyl (C=O) groups excluding carboxylic acids is 3. The lowest BCUT2D eigenvalue weighted by molar-refractivity contribution is -0.120. The summed E-state index contributed by atoms with van der Waals surface area (Å²) in [6.45, 7) is 4.10. The Hall–Kier alpha value is -2.39. The highest BCUT2D eigenvalue weighted by atomic mass is 32.2. The van der Waals surface area contributed by atoms with Gasteiger partial charge in [0.1, 0.15) is 0 Å². The highest BCUT2D eigenvalue weighted by molar-refractivity contribution is 8.01. The van der Waals surface area contributed by atoms with E-state index in [1.54, 1.807) is 24.3 Å². The van der Waals surface area contributed by atoms with Gasteiger partial charge >= 0.3 is 0 Å². The molecule has 0 unspecified atom stereocenters. The average Bonchev–Trinajstić information content (AvgIpc) is 3.07. The molecular formula is C18H22N4O3S2. The summed E-state index contributed by atoms with van der Waals surface area (Å²) in [4.78, 5) is 39.1. The summed E-state index contributed by atoms with van der Waals surface area (Å²) in [7, 11) is 0. The predicted octanol–water partition coefficient (Wildman–Crippen LogP) is 2.90. The van der Waals surface area contributed by atoms with Crippen LogP contribution in [-0.4, -0.2) is 35.0 Å². The predicted molar refractivity (Wildman–Crippen MR) is 109 cm³/mol. The first-order chi connectivity index (χ1) is 13.0. The summed E-state index contributed by atoms with van der Waals surface area (Å²) < 4.78 is 0.754. The van der Waals surface area contributed by atoms with Crippen molar-refractivity contribution in [3.05, 3.63) is 35.3 Å². The van der Waals surface area contributed by atoms with Crippen molar-refractivity contribution in [1.29, 1.82) is 0 Å². The summed E-state index contributed by atoms with van der Waals surface area (Å²) in [5.74, 6) is -0.111. The Morgan fingerprint density at radius 3 is 2.37 bits per heavy atom. The molecule has 3 amide bonds. The number of rotatable bonds is 9. The van der Waals surface area contributed by atoms with E-state index in [0.717, 1.165) is 10.8 Å². The Labute approximate surface area is 166 Å². The van der Waals surface area contributed by atoms with Gasteiger partial charge < -0.3 is 16.0 Å². The average molecular weight is 407 g/mol. The molecule has 0 aliphatic carbocycles. The molecule has 0 saturated heterocycles. The Morgan fingerprint density at radius 2 is 1.74 bits per heavy atom. The lowest BCUT2D eigenvalue weighted by Crippen LogP contribution is -2.25. The van der Waals surface area contributed by atoms with Crippen LogP contribution in [-0.2, 0) is 20.8 Å². The van der Waals surface area contributed by atoms with E-state index in [0.29, 0.717) is 23.6 Å². The van der Waals surface area contributed by atoms with Crippen molar-refractivity contribution < 1.29 is 14.4 Å². The second-order valence-electron chi connectivity index (χ2n) is 5.73. The molecule has 0 radical (unpaired) electrons. The number of aromatic nitrogens is 1. The normalized spacial score (nSPS) is 10.3. The minimum atomic E-state index is -0.148. The molecule has 1 aromatic heterocycles. The van der Waals surface area contributed by atoms with Gasteiger partial charge in [0.25, 0.3) is 0 Å². The van der Waals surface area contributed by atoms with Crippen LogP contribution in [0.3, 0.4) is 0 Å². The fourth-order valence-corrected chi connectivity index (χ4v) is 3.74. The van der Waals surface area contributed by atoms with E-state index in [1.807, 2.05) is 12.3 Å². The van der Waals surface area contributed by atoms with Crippen molar-refractivity contribution in [3.8, 4) is 0 Å². The first-order valence-electron chi connectivity index (χ1n) is 8.47. The minimum Gasteiger partial charge on any atom is -0.356 e. The molecule has 1 aromatic carbocycles. The number of nitrogens with one attached hydrogen (secondary N) is 3. The maximum absolute atomic E-state index is 12.1. The minimum absolute atomic E-state index is 0.0425. The Kier molecular flexibility index (Phi) is 8.28. The van der Waals surface area contributed by atoms with Gasteiger partial charge in [0.15, 0.2) is 4.34 Å². The maximum Gasteiger partial charge on any atom is 0.234 e. The van der Waals surface area contributed by atoms with Crippen LogP contribution in [0.4, 0.5) is 11.4 Å². The highest BCUT2D eigenvalue weighted by Crippen LogP contribution is 2.23. The zero-order valence-corrected chi connectivity index (χ0v) is 16.8. The number of thioether (sulfide) groups is 1. The first kappa shape index (κ1) is 20.9. The topological polar surface area (TPSA) is 100 Å². The third kappa shape index (κ3) is 7.79. The maximum atomic E-state index is 12.1. The smallest absolute Gasteiger partial charge is 0.234 e. The monoisotopic (exact) mass is 406 g/mol. The number of benzene rings is 1. The van der Waals surface area contributed by atoms with Crippen LogP contribution in [0.15, 0.2) is 34.0 Å². The van der Waals surface area contributed by atoms with Gasteiger partial charge in [0.05, 0.1) is 17.9 Å². The summed E-state index contributed by atoms with van der Waals surface area (Å²) in [5, 5.41) is 10.1. The van der Waals surface area contributed by atoms with E-state index in [9.17, 15) is 14.4 Å². The summed E-state index contributed by atoms with van der Waals surface area (Å²) >= 11 is 2.75. The van der Waals surface area contributed by atoms with Gasteiger partial charge in [0, 0.05) is 30.2 Å². The van der Waals surface area contributed by atoms with Crippen LogP contribution in [0, 0.1) is 0 Å². The van der Waals surface area contributed by atoms with Gasteiger partial charge in [0.2, 0.25) is 17.7 Å². The van der Waals surface area contributed by atoms with Gasteiger partial charge in [-0.05, 0) is 30.7 Å². The van der Waals surface area contributed by atoms with Crippen LogP contribution < -0.4 is 16.0 Å². The van der Waals surface area contributed by atoms with Gasteiger partial charge in [-0.1, -0.05) is 18.7 Å². The molecule has 3 N–H and O–H groups in total. The Morgan fingerprint density at radius 1 is 1.07 bits per heavy atom. The van der Waals surface area contributed by atoms with Crippen LogP contribution >= 0.6 is 23.1 Å². The number of hydrogen-bond acceptors (Lipinski definition) is 6. The van der Waals surface area contributed by atoms with Gasteiger partial charge in [-0.15, -0.1) is 11.3 Å². The lowest BCUT2D eigenvalue weighted by atomic mass is 10.3. The number of anilines is 2. The van der Waals surface area contributed by atoms with Crippen LogP contribution in [0.5, 0.6) is 0 Å². The van der Waals surface area contributed by atoms with Crippen molar-refractivity contribution >= 4 is 52.2 Å². The molecule has 7 nitrogen and oxygen atoms in total. The summed E-state index contributed by atoms with van der Waals surface area (Å²) in [6, 6.07) is 6.90. The molecule has 0 bridgehead atoms. The Balaban J connectivity index is 1.77. The summed E-state index contributed by atoms with van der Waals surface area (Å²) in [5.41, 5.74) is 2.04. The van der Waals surface area contributed by atoms with Crippen molar-refractivity contribution in [2.24, 2.45) is 0 Å². The van der Waals surface area contributed by atoms with Crippen molar-refractivity contribution in [2.75, 3.05) is 22.9 Å². The molecular weight excluding hydrogens is 384 g/mol. The zero-order chi connectivity index (χ0) is 19.6. The van der Waals surface area contributed by atoms with E-state index < -0.39 is 0 Å². The molecule has 0 saturated carbocycles. The third-order valence-electron chi connectivity index (χ3n) is 3.26. The molecule has 0 atom stereocenters. The van der Waals surface area contributed by atoms with Gasteiger partial charge in [-0.3, -0.25) is 14.4 Å². The molecule has 2 rings (SSSR count). The van der Waals surface area contributed by atoms with E-state index in [4.69, 9.17) is 0 Å². The van der Waals surface area contributed by atoms with Crippen LogP contribution in [0.25, 0.3) is 0 Å². The van der Waals surface area contributed by atoms with Gasteiger partial charge in [-0.25, -0.2) is 4.98 Å². The molecule has 2 aromatic rings. The number of hydrogen-bond donors (Lipinski definition) is 3. The largest absolute Gasteiger partial charge is 0.356 e. The van der Waals surface area contributed by atoms with E-state index in [1.165, 1.54) is 30.0 Å².